The van der Waals surface area contributed by atoms with Crippen molar-refractivity contribution in [1.29, 1.82) is 0 Å². The SMILES string of the molecule is COc1ccc(C(=O)[C@@H]2CCCN(C(=O)c3c(C)nc4ncccn34)C2)c(C)c1. The molecule has 1 aliphatic heterocycles. The van der Waals surface area contributed by atoms with Gasteiger partial charge in [-0.15, -0.1) is 0 Å². The van der Waals surface area contributed by atoms with Crippen molar-refractivity contribution in [3.8, 4) is 5.75 Å². The molecule has 150 valence electrons. The van der Waals surface area contributed by atoms with E-state index in [0.29, 0.717) is 35.8 Å². The maximum absolute atomic E-state index is 13.3. The Kier molecular flexibility index (Phi) is 5.05. The summed E-state index contributed by atoms with van der Waals surface area (Å²) in [5.74, 6) is 1.01. The van der Waals surface area contributed by atoms with Crippen molar-refractivity contribution in [3.63, 3.8) is 0 Å². The van der Waals surface area contributed by atoms with Crippen LogP contribution in [0.4, 0.5) is 0 Å². The number of fused-ring (bicyclic) bond motifs is 1. The first-order valence-electron chi connectivity index (χ1n) is 9.77. The molecule has 1 fully saturated rings. The van der Waals surface area contributed by atoms with Gasteiger partial charge in [0.2, 0.25) is 5.78 Å². The molecule has 1 aromatic carbocycles. The quantitative estimate of drug-likeness (QED) is 0.638. The average molecular weight is 392 g/mol. The number of ketones is 1. The molecule has 0 bridgehead atoms. The number of hydrogen-bond donors (Lipinski definition) is 0. The smallest absolute Gasteiger partial charge is 0.272 e. The summed E-state index contributed by atoms with van der Waals surface area (Å²) in [5, 5.41) is 0. The molecule has 4 rings (SSSR count). The van der Waals surface area contributed by atoms with Crippen LogP contribution in [0.5, 0.6) is 5.75 Å². The van der Waals surface area contributed by atoms with Crippen LogP contribution in [0, 0.1) is 19.8 Å². The number of amides is 1. The Morgan fingerprint density at radius 2 is 2.07 bits per heavy atom. The molecule has 7 heteroatoms. The van der Waals surface area contributed by atoms with Crippen LogP contribution >= 0.6 is 0 Å². The monoisotopic (exact) mass is 392 g/mol. The molecule has 0 N–H and O–H groups in total. The Morgan fingerprint density at radius 3 is 2.83 bits per heavy atom. The Labute approximate surface area is 169 Å². The zero-order valence-electron chi connectivity index (χ0n) is 16.9. The number of imidazole rings is 1. The van der Waals surface area contributed by atoms with Crippen LogP contribution in [0.1, 0.15) is 44.9 Å². The lowest BCUT2D eigenvalue weighted by Gasteiger charge is -2.32. The molecule has 2 aromatic heterocycles. The third kappa shape index (κ3) is 3.48. The van der Waals surface area contributed by atoms with Crippen molar-refractivity contribution in [3.05, 3.63) is 59.2 Å². The van der Waals surface area contributed by atoms with Gasteiger partial charge < -0.3 is 9.64 Å². The fourth-order valence-corrected chi connectivity index (χ4v) is 4.04. The van der Waals surface area contributed by atoms with Crippen LogP contribution in [0.3, 0.4) is 0 Å². The zero-order valence-corrected chi connectivity index (χ0v) is 16.9. The number of aryl methyl sites for hydroxylation is 2. The van der Waals surface area contributed by atoms with Crippen molar-refractivity contribution < 1.29 is 14.3 Å². The summed E-state index contributed by atoms with van der Waals surface area (Å²) in [4.78, 5) is 36.8. The largest absolute Gasteiger partial charge is 0.497 e. The Hall–Kier alpha value is -3.22. The van der Waals surface area contributed by atoms with E-state index in [4.69, 9.17) is 4.74 Å². The predicted molar refractivity (Wildman–Crippen MR) is 108 cm³/mol. The van der Waals surface area contributed by atoms with E-state index < -0.39 is 0 Å². The predicted octanol–water partition coefficient (Wildman–Crippen LogP) is 3.09. The summed E-state index contributed by atoms with van der Waals surface area (Å²) in [7, 11) is 1.61. The number of hydrogen-bond acceptors (Lipinski definition) is 5. The van der Waals surface area contributed by atoms with E-state index in [2.05, 4.69) is 9.97 Å². The Morgan fingerprint density at radius 1 is 1.24 bits per heavy atom. The second kappa shape index (κ2) is 7.66. The molecule has 1 saturated heterocycles. The lowest BCUT2D eigenvalue weighted by atomic mass is 9.88. The number of likely N-dealkylation sites (tertiary alicyclic amines) is 1. The van der Waals surface area contributed by atoms with Gasteiger partial charge in [-0.3, -0.25) is 14.0 Å². The minimum absolute atomic E-state index is 0.0826. The highest BCUT2D eigenvalue weighted by Gasteiger charge is 2.32. The number of Topliss-reactive ketones (excluding diaryl/α,β-unsaturated/α-hetero) is 1. The van der Waals surface area contributed by atoms with Gasteiger partial charge in [0.05, 0.1) is 12.8 Å². The summed E-state index contributed by atoms with van der Waals surface area (Å²) >= 11 is 0. The minimum atomic E-state index is -0.211. The van der Waals surface area contributed by atoms with Crippen molar-refractivity contribution >= 4 is 17.5 Å². The highest BCUT2D eigenvalue weighted by atomic mass is 16.5. The summed E-state index contributed by atoms with van der Waals surface area (Å²) in [6.07, 6.45) is 5.03. The van der Waals surface area contributed by atoms with Crippen LogP contribution < -0.4 is 4.74 Å². The Bertz CT molecular complexity index is 1090. The molecule has 0 radical (unpaired) electrons. The molecule has 3 aromatic rings. The van der Waals surface area contributed by atoms with Gasteiger partial charge in [-0.1, -0.05) is 0 Å². The molecular weight excluding hydrogens is 368 g/mol. The number of nitrogens with zero attached hydrogens (tertiary/aromatic N) is 4. The van der Waals surface area contributed by atoms with E-state index in [1.165, 1.54) is 0 Å². The second-order valence-electron chi connectivity index (χ2n) is 7.47. The van der Waals surface area contributed by atoms with Gasteiger partial charge in [-0.05, 0) is 56.5 Å². The van der Waals surface area contributed by atoms with Gasteiger partial charge in [-0.25, -0.2) is 9.97 Å². The number of ether oxygens (including phenoxy) is 1. The number of carbonyl (C=O) groups is 2. The van der Waals surface area contributed by atoms with E-state index in [1.807, 2.05) is 26.0 Å². The molecule has 0 spiro atoms. The molecule has 3 heterocycles. The first kappa shape index (κ1) is 19.1. The highest BCUT2D eigenvalue weighted by molar-refractivity contribution is 6.00. The maximum atomic E-state index is 13.3. The molecule has 1 aliphatic rings. The Balaban J connectivity index is 1.57. The van der Waals surface area contributed by atoms with Crippen molar-refractivity contribution in [2.45, 2.75) is 26.7 Å². The molecule has 0 saturated carbocycles. The van der Waals surface area contributed by atoms with Gasteiger partial charge >= 0.3 is 0 Å². The van der Waals surface area contributed by atoms with Gasteiger partial charge in [0, 0.05) is 37.0 Å². The standard InChI is InChI=1S/C22H24N4O3/c1-14-12-17(29-3)7-8-18(14)20(27)16-6-4-10-25(13-16)21(28)19-15(2)24-22-23-9-5-11-26(19)22/h5,7-9,11-12,16H,4,6,10,13H2,1-3H3/t16-/m1/s1. The fourth-order valence-electron chi connectivity index (χ4n) is 4.04. The van der Waals surface area contributed by atoms with E-state index in [1.54, 1.807) is 40.9 Å². The van der Waals surface area contributed by atoms with Gasteiger partial charge in [-0.2, -0.15) is 0 Å². The lowest BCUT2D eigenvalue weighted by Crippen LogP contribution is -2.43. The average Bonchev–Trinajstić information content (AvgIpc) is 3.08. The summed E-state index contributed by atoms with van der Waals surface area (Å²) < 4.78 is 6.95. The van der Waals surface area contributed by atoms with E-state index >= 15 is 0 Å². The maximum Gasteiger partial charge on any atom is 0.272 e. The summed E-state index contributed by atoms with van der Waals surface area (Å²) in [6, 6.07) is 7.27. The minimum Gasteiger partial charge on any atom is -0.497 e. The first-order chi connectivity index (χ1) is 14.0. The number of aromatic nitrogens is 3. The molecule has 0 unspecified atom stereocenters. The second-order valence-corrected chi connectivity index (χ2v) is 7.47. The number of carbonyl (C=O) groups excluding carboxylic acids is 2. The number of piperidine rings is 1. The van der Waals surface area contributed by atoms with Crippen LogP contribution in [0.15, 0.2) is 36.7 Å². The molecule has 29 heavy (non-hydrogen) atoms. The number of methoxy groups -OCH3 is 1. The topological polar surface area (TPSA) is 76.8 Å². The van der Waals surface area contributed by atoms with Crippen molar-refractivity contribution in [2.75, 3.05) is 20.2 Å². The van der Waals surface area contributed by atoms with Gasteiger partial charge in [0.1, 0.15) is 11.4 Å². The third-order valence-electron chi connectivity index (χ3n) is 5.56. The molecule has 7 nitrogen and oxygen atoms in total. The molecule has 1 amide bonds. The molecule has 0 aliphatic carbocycles. The molecular formula is C22H24N4O3. The third-order valence-corrected chi connectivity index (χ3v) is 5.56. The van der Waals surface area contributed by atoms with E-state index in [9.17, 15) is 9.59 Å². The van der Waals surface area contributed by atoms with Crippen LogP contribution in [0.2, 0.25) is 0 Å². The summed E-state index contributed by atoms with van der Waals surface area (Å²) in [6.45, 7) is 4.78. The van der Waals surface area contributed by atoms with Crippen LogP contribution in [0.25, 0.3) is 5.78 Å². The van der Waals surface area contributed by atoms with Crippen LogP contribution in [-0.4, -0.2) is 51.2 Å². The van der Waals surface area contributed by atoms with E-state index in [-0.39, 0.29) is 17.6 Å². The van der Waals surface area contributed by atoms with Gasteiger partial charge in [0.25, 0.3) is 5.91 Å². The highest BCUT2D eigenvalue weighted by Crippen LogP contribution is 2.26. The number of benzene rings is 1. The summed E-state index contributed by atoms with van der Waals surface area (Å²) in [5.41, 5.74) is 2.75. The van der Waals surface area contributed by atoms with Gasteiger partial charge in [0.15, 0.2) is 5.78 Å². The molecule has 1 atom stereocenters. The zero-order chi connectivity index (χ0) is 20.5. The number of rotatable bonds is 4. The first-order valence-corrected chi connectivity index (χ1v) is 9.77. The lowest BCUT2D eigenvalue weighted by molar-refractivity contribution is 0.0630. The van der Waals surface area contributed by atoms with E-state index in [0.717, 1.165) is 24.2 Å². The van der Waals surface area contributed by atoms with Crippen molar-refractivity contribution in [2.24, 2.45) is 5.92 Å². The fraction of sp³-hybridized carbons (Fsp3) is 0.364. The normalized spacial score (nSPS) is 16.8. The van der Waals surface area contributed by atoms with Crippen LogP contribution in [-0.2, 0) is 0 Å². The van der Waals surface area contributed by atoms with Crippen molar-refractivity contribution in [1.82, 2.24) is 19.3 Å².